The number of carbonyl (C=O) groups is 1. The quantitative estimate of drug-likeness (QED) is 0.217. The van der Waals surface area contributed by atoms with Crippen molar-refractivity contribution in [1.82, 2.24) is 29.4 Å². The van der Waals surface area contributed by atoms with E-state index in [9.17, 15) is 4.79 Å². The van der Waals surface area contributed by atoms with Crippen molar-refractivity contribution in [3.05, 3.63) is 96.7 Å². The maximum atomic E-state index is 13.1. The third-order valence-electron chi connectivity index (χ3n) is 9.62. The second-order valence-corrected chi connectivity index (χ2v) is 13.5. The van der Waals surface area contributed by atoms with Crippen LogP contribution in [0.5, 0.6) is 0 Å². The van der Waals surface area contributed by atoms with Crippen molar-refractivity contribution < 1.29 is 19.0 Å². The fourth-order valence-corrected chi connectivity index (χ4v) is 7.27. The first kappa shape index (κ1) is 29.3. The Bertz CT molecular complexity index is 2160. The van der Waals surface area contributed by atoms with E-state index in [0.29, 0.717) is 23.5 Å². The second kappa shape index (κ2) is 11.4. The molecule has 0 unspecified atom stereocenters. The molecule has 1 aliphatic carbocycles. The zero-order valence-corrected chi connectivity index (χ0v) is 26.9. The Morgan fingerprint density at radius 3 is 2.58 bits per heavy atom. The summed E-state index contributed by atoms with van der Waals surface area (Å²) in [6.07, 6.45) is 5.80. The standard InChI is InChI=1S/C37H37N7O4/c1-37(2)47-30-31(35(45)42-25-14-15-25)46-36(32(30)48-37)44-21-41-29-33(39-20-40-34(29)44)38-17-16-24-19-43(28-13-6-5-12-27(24)28)18-23-10-7-9-22-8-3-4-11-26(22)23/h3-13,19-21,25,30-32,36H,14-18H2,1-2H3,(H,42,45)(H,38,39,40)/t30-,31+,32-,36-/m1/s1. The fraction of sp³-hybridized carbons (Fsp3) is 0.351. The van der Waals surface area contributed by atoms with E-state index in [1.54, 1.807) is 6.33 Å². The summed E-state index contributed by atoms with van der Waals surface area (Å²) in [5, 5.41) is 10.3. The highest BCUT2D eigenvalue weighted by molar-refractivity contribution is 5.87. The van der Waals surface area contributed by atoms with Crippen molar-refractivity contribution >= 4 is 44.6 Å². The van der Waals surface area contributed by atoms with E-state index in [4.69, 9.17) is 14.2 Å². The van der Waals surface area contributed by atoms with Gasteiger partial charge in [0.25, 0.3) is 5.91 Å². The molecule has 0 radical (unpaired) electrons. The Labute approximate surface area is 277 Å². The van der Waals surface area contributed by atoms with E-state index < -0.39 is 30.3 Å². The van der Waals surface area contributed by atoms with Crippen molar-refractivity contribution in [3.63, 3.8) is 0 Å². The van der Waals surface area contributed by atoms with Crippen LogP contribution in [0.4, 0.5) is 5.82 Å². The highest BCUT2D eigenvalue weighted by Crippen LogP contribution is 2.44. The number of ether oxygens (including phenoxy) is 3. The summed E-state index contributed by atoms with van der Waals surface area (Å²) >= 11 is 0. The van der Waals surface area contributed by atoms with E-state index in [-0.39, 0.29) is 11.9 Å². The number of amides is 1. The largest absolute Gasteiger partial charge is 0.368 e. The van der Waals surface area contributed by atoms with Gasteiger partial charge in [0, 0.05) is 36.2 Å². The number of imidazole rings is 1. The van der Waals surface area contributed by atoms with Crippen molar-refractivity contribution in [2.24, 2.45) is 0 Å². The number of fused-ring (bicyclic) bond motifs is 4. The number of para-hydroxylation sites is 1. The zero-order valence-electron chi connectivity index (χ0n) is 26.9. The summed E-state index contributed by atoms with van der Waals surface area (Å²) in [6.45, 7) is 5.16. The molecule has 9 rings (SSSR count). The van der Waals surface area contributed by atoms with Gasteiger partial charge >= 0.3 is 0 Å². The minimum atomic E-state index is -0.842. The maximum absolute atomic E-state index is 13.1. The monoisotopic (exact) mass is 643 g/mol. The lowest BCUT2D eigenvalue weighted by Crippen LogP contribution is -2.43. The molecule has 11 heteroatoms. The number of carbonyl (C=O) groups excluding carboxylic acids is 1. The third kappa shape index (κ3) is 5.18. The topological polar surface area (TPSA) is 117 Å². The van der Waals surface area contributed by atoms with Gasteiger partial charge in [-0.15, -0.1) is 0 Å². The Balaban J connectivity index is 0.947. The van der Waals surface area contributed by atoms with E-state index in [0.717, 1.165) is 25.8 Å². The minimum Gasteiger partial charge on any atom is -0.368 e. The molecule has 0 bridgehead atoms. The van der Waals surface area contributed by atoms with E-state index >= 15 is 0 Å². The van der Waals surface area contributed by atoms with Gasteiger partial charge in [0.2, 0.25) is 0 Å². The molecule has 2 saturated heterocycles. The minimum absolute atomic E-state index is 0.170. The number of rotatable bonds is 9. The Morgan fingerprint density at radius 1 is 0.917 bits per heavy atom. The van der Waals surface area contributed by atoms with Gasteiger partial charge in [-0.3, -0.25) is 9.36 Å². The number of anilines is 1. The van der Waals surface area contributed by atoms with E-state index in [2.05, 4.69) is 103 Å². The molecule has 3 aromatic heterocycles. The molecule has 3 aromatic carbocycles. The van der Waals surface area contributed by atoms with Crippen LogP contribution >= 0.6 is 0 Å². The van der Waals surface area contributed by atoms with Crippen molar-refractivity contribution in [2.75, 3.05) is 11.9 Å². The summed E-state index contributed by atoms with van der Waals surface area (Å²) in [6, 6.07) is 23.8. The molecule has 2 N–H and O–H groups in total. The molecule has 3 aliphatic rings. The number of hydrogen-bond acceptors (Lipinski definition) is 8. The van der Waals surface area contributed by atoms with Gasteiger partial charge in [-0.2, -0.15) is 0 Å². The van der Waals surface area contributed by atoms with Crippen LogP contribution < -0.4 is 10.6 Å². The molecule has 6 aromatic rings. The smallest absolute Gasteiger partial charge is 0.252 e. The molecule has 48 heavy (non-hydrogen) atoms. The average molecular weight is 644 g/mol. The zero-order chi connectivity index (χ0) is 32.4. The van der Waals surface area contributed by atoms with Crippen LogP contribution in [0.1, 0.15) is 44.0 Å². The lowest BCUT2D eigenvalue weighted by Gasteiger charge is -2.24. The van der Waals surface area contributed by atoms with Crippen LogP contribution in [0.25, 0.3) is 32.8 Å². The van der Waals surface area contributed by atoms with Gasteiger partial charge in [0.15, 0.2) is 35.1 Å². The van der Waals surface area contributed by atoms with E-state index in [1.165, 1.54) is 39.1 Å². The summed E-state index contributed by atoms with van der Waals surface area (Å²) in [7, 11) is 0. The van der Waals surface area contributed by atoms with Crippen molar-refractivity contribution in [2.45, 2.75) is 76.0 Å². The van der Waals surface area contributed by atoms with Crippen LogP contribution in [0.3, 0.4) is 0 Å². The third-order valence-corrected chi connectivity index (χ3v) is 9.62. The van der Waals surface area contributed by atoms with Gasteiger partial charge in [0.05, 0.1) is 6.33 Å². The molecule has 3 fully saturated rings. The number of nitrogens with one attached hydrogen (secondary N) is 2. The highest BCUT2D eigenvalue weighted by Gasteiger charge is 2.58. The number of hydrogen-bond donors (Lipinski definition) is 2. The summed E-state index contributed by atoms with van der Waals surface area (Å²) in [5.41, 5.74) is 4.99. The normalized spacial score (nSPS) is 23.2. The fourth-order valence-electron chi connectivity index (χ4n) is 7.27. The summed E-state index contributed by atoms with van der Waals surface area (Å²) in [4.78, 5) is 26.9. The lowest BCUT2D eigenvalue weighted by atomic mass is 10.0. The predicted octanol–water partition coefficient (Wildman–Crippen LogP) is 5.33. The maximum Gasteiger partial charge on any atom is 0.252 e. The second-order valence-electron chi connectivity index (χ2n) is 13.5. The van der Waals surface area contributed by atoms with Crippen LogP contribution in [0.15, 0.2) is 85.6 Å². The summed E-state index contributed by atoms with van der Waals surface area (Å²) in [5.74, 6) is -0.373. The Kier molecular flexibility index (Phi) is 6.96. The Morgan fingerprint density at radius 2 is 1.71 bits per heavy atom. The number of nitrogens with zero attached hydrogens (tertiary/aromatic N) is 5. The molecule has 11 nitrogen and oxygen atoms in total. The SMILES string of the molecule is CC1(C)O[C@@H]2[C@H](O1)[C@@H](C(=O)NC1CC1)O[C@H]2n1cnc2c(NCCc3cn(Cc4cccc5ccccc45)c4ccccc34)ncnc21. The number of benzene rings is 3. The first-order valence-corrected chi connectivity index (χ1v) is 16.7. The molecule has 1 amide bonds. The van der Waals surface area contributed by atoms with Gasteiger partial charge in [-0.25, -0.2) is 15.0 Å². The molecule has 244 valence electrons. The van der Waals surface area contributed by atoms with Crippen LogP contribution in [0.2, 0.25) is 0 Å². The molecule has 2 aliphatic heterocycles. The first-order chi connectivity index (χ1) is 23.4. The molecular weight excluding hydrogens is 606 g/mol. The number of aromatic nitrogens is 5. The predicted molar refractivity (Wildman–Crippen MR) is 181 cm³/mol. The lowest BCUT2D eigenvalue weighted by molar-refractivity contribution is -0.197. The molecule has 5 heterocycles. The molecule has 1 saturated carbocycles. The van der Waals surface area contributed by atoms with Crippen LogP contribution in [-0.4, -0.2) is 66.7 Å². The molecule has 4 atom stereocenters. The van der Waals surface area contributed by atoms with Crippen LogP contribution in [-0.2, 0) is 32.0 Å². The van der Waals surface area contributed by atoms with Gasteiger partial charge in [-0.05, 0) is 61.1 Å². The molecule has 0 spiro atoms. The highest BCUT2D eigenvalue weighted by atomic mass is 16.8. The van der Waals surface area contributed by atoms with Gasteiger partial charge in [0.1, 0.15) is 18.5 Å². The average Bonchev–Trinajstić information content (AvgIpc) is 3.38. The Hall–Kier alpha value is -4.84. The van der Waals surface area contributed by atoms with Crippen molar-refractivity contribution in [3.8, 4) is 0 Å². The van der Waals surface area contributed by atoms with Gasteiger partial charge < -0.3 is 29.4 Å². The molecular formula is C37H37N7O4. The van der Waals surface area contributed by atoms with E-state index in [1.807, 2.05) is 18.4 Å². The van der Waals surface area contributed by atoms with Gasteiger partial charge in [-0.1, -0.05) is 60.7 Å². The summed E-state index contributed by atoms with van der Waals surface area (Å²) < 4.78 is 22.9. The van der Waals surface area contributed by atoms with Crippen LogP contribution in [0, 0.1) is 0 Å². The first-order valence-electron chi connectivity index (χ1n) is 16.7. The van der Waals surface area contributed by atoms with Crippen molar-refractivity contribution in [1.29, 1.82) is 0 Å².